The van der Waals surface area contributed by atoms with Crippen LogP contribution in [0.15, 0.2) is 0 Å². The van der Waals surface area contributed by atoms with Gasteiger partial charge in [0.1, 0.15) is 6.10 Å². The Kier molecular flexibility index (Phi) is 7.37. The molecular weight excluding hydrogens is 188 g/mol. The van der Waals surface area contributed by atoms with Crippen LogP contribution in [0.5, 0.6) is 0 Å². The average Bonchev–Trinajstić information content (AvgIpc) is 2.22. The number of hydrogen-bond acceptors (Lipinski definition) is 5. The second kappa shape index (κ2) is 7.73. The lowest BCUT2D eigenvalue weighted by molar-refractivity contribution is -0.207. The Hall–Kier alpha value is -0.650. The van der Waals surface area contributed by atoms with Gasteiger partial charge in [-0.1, -0.05) is 13.8 Å². The topological polar surface area (TPSA) is 76.0 Å². The van der Waals surface area contributed by atoms with Crippen molar-refractivity contribution in [2.45, 2.75) is 32.2 Å². The van der Waals surface area contributed by atoms with Gasteiger partial charge in [0.05, 0.1) is 13.2 Å². The lowest BCUT2D eigenvalue weighted by atomic mass is 10.3. The normalized spacial score (nSPS) is 14.9. The minimum atomic E-state index is -1.21. The molecule has 2 N–H and O–H groups in total. The highest BCUT2D eigenvalue weighted by atomic mass is 16.7. The third-order valence-electron chi connectivity index (χ3n) is 1.46. The SMILES string of the molecule is [CH2]CCOC(OC(=O)CC)C(O)CO. The number of ether oxygens (including phenoxy) is 2. The fourth-order valence-electron chi connectivity index (χ4n) is 0.722. The molecule has 0 aliphatic rings. The number of rotatable bonds is 7. The summed E-state index contributed by atoms with van der Waals surface area (Å²) in [7, 11) is 0. The molecule has 0 aromatic carbocycles. The van der Waals surface area contributed by atoms with Gasteiger partial charge in [0, 0.05) is 6.42 Å². The molecule has 0 rings (SSSR count). The lowest BCUT2D eigenvalue weighted by Gasteiger charge is -2.21. The van der Waals surface area contributed by atoms with Crippen molar-refractivity contribution in [3.8, 4) is 0 Å². The van der Waals surface area contributed by atoms with E-state index in [0.29, 0.717) is 6.42 Å². The molecule has 14 heavy (non-hydrogen) atoms. The van der Waals surface area contributed by atoms with Gasteiger partial charge in [-0.05, 0) is 6.42 Å². The molecule has 0 amide bonds. The van der Waals surface area contributed by atoms with Crippen LogP contribution in [0.1, 0.15) is 19.8 Å². The van der Waals surface area contributed by atoms with E-state index in [0.717, 1.165) is 0 Å². The van der Waals surface area contributed by atoms with Gasteiger partial charge in [0.2, 0.25) is 6.29 Å². The molecule has 2 atom stereocenters. The van der Waals surface area contributed by atoms with Crippen molar-refractivity contribution in [2.24, 2.45) is 0 Å². The fourth-order valence-corrected chi connectivity index (χ4v) is 0.722. The van der Waals surface area contributed by atoms with Gasteiger partial charge in [-0.2, -0.15) is 0 Å². The Labute approximate surface area is 83.6 Å². The van der Waals surface area contributed by atoms with Gasteiger partial charge >= 0.3 is 5.97 Å². The molecule has 0 bridgehead atoms. The smallest absolute Gasteiger partial charge is 0.307 e. The summed E-state index contributed by atoms with van der Waals surface area (Å²) >= 11 is 0. The molecule has 5 heteroatoms. The summed E-state index contributed by atoms with van der Waals surface area (Å²) in [6, 6.07) is 0. The van der Waals surface area contributed by atoms with Gasteiger partial charge in [0.25, 0.3) is 0 Å². The summed E-state index contributed by atoms with van der Waals surface area (Å²) in [5.41, 5.74) is 0. The quantitative estimate of drug-likeness (QED) is 0.447. The van der Waals surface area contributed by atoms with E-state index in [4.69, 9.17) is 14.6 Å². The number of hydrogen-bond donors (Lipinski definition) is 2. The van der Waals surface area contributed by atoms with Crippen molar-refractivity contribution in [2.75, 3.05) is 13.2 Å². The van der Waals surface area contributed by atoms with Crippen LogP contribution >= 0.6 is 0 Å². The second-order valence-corrected chi connectivity index (χ2v) is 2.69. The third kappa shape index (κ3) is 5.16. The van der Waals surface area contributed by atoms with Crippen LogP contribution in [0.2, 0.25) is 0 Å². The summed E-state index contributed by atoms with van der Waals surface area (Å²) in [5.74, 6) is -0.480. The molecule has 1 radical (unpaired) electrons. The predicted octanol–water partition coefficient (Wildman–Crippen LogP) is -0.140. The van der Waals surface area contributed by atoms with E-state index in [2.05, 4.69) is 6.92 Å². The standard InChI is InChI=1S/C9H17O5/c1-3-5-13-9(7(11)6-10)14-8(12)4-2/h7,9-11H,1,3-6H2,2H3. The molecule has 5 nitrogen and oxygen atoms in total. The lowest BCUT2D eigenvalue weighted by Crippen LogP contribution is -2.36. The number of aliphatic hydroxyl groups is 2. The van der Waals surface area contributed by atoms with Crippen LogP contribution in [0.4, 0.5) is 0 Å². The Morgan fingerprint density at radius 3 is 2.64 bits per heavy atom. The zero-order chi connectivity index (χ0) is 11.0. The second-order valence-electron chi connectivity index (χ2n) is 2.69. The molecule has 0 fully saturated rings. The number of carbonyl (C=O) groups excluding carboxylic acids is 1. The van der Waals surface area contributed by atoms with E-state index in [-0.39, 0.29) is 13.0 Å². The molecule has 0 saturated carbocycles. The maximum absolute atomic E-state index is 10.9. The Bertz CT molecular complexity index is 159. The summed E-state index contributed by atoms with van der Waals surface area (Å²) in [4.78, 5) is 10.9. The van der Waals surface area contributed by atoms with Gasteiger partial charge in [0.15, 0.2) is 0 Å². The molecule has 83 valence electrons. The number of esters is 1. The predicted molar refractivity (Wildman–Crippen MR) is 49.2 cm³/mol. The van der Waals surface area contributed by atoms with Crippen molar-refractivity contribution >= 4 is 5.97 Å². The van der Waals surface area contributed by atoms with E-state index >= 15 is 0 Å². The van der Waals surface area contributed by atoms with E-state index in [1.807, 2.05) is 0 Å². The van der Waals surface area contributed by atoms with Crippen molar-refractivity contribution in [3.63, 3.8) is 0 Å². The Morgan fingerprint density at radius 2 is 2.21 bits per heavy atom. The first-order valence-electron chi connectivity index (χ1n) is 4.54. The fraction of sp³-hybridized carbons (Fsp3) is 0.778. The zero-order valence-electron chi connectivity index (χ0n) is 8.31. The van der Waals surface area contributed by atoms with Crippen molar-refractivity contribution in [3.05, 3.63) is 6.92 Å². The highest BCUT2D eigenvalue weighted by Gasteiger charge is 2.22. The van der Waals surface area contributed by atoms with Crippen LogP contribution in [0.3, 0.4) is 0 Å². The minimum Gasteiger partial charge on any atom is -0.433 e. The molecule has 0 aromatic heterocycles. The number of carbonyl (C=O) groups is 1. The van der Waals surface area contributed by atoms with Crippen molar-refractivity contribution in [1.29, 1.82) is 0 Å². The van der Waals surface area contributed by atoms with Crippen LogP contribution in [0.25, 0.3) is 0 Å². The zero-order valence-corrected chi connectivity index (χ0v) is 8.31. The summed E-state index contributed by atoms with van der Waals surface area (Å²) < 4.78 is 9.76. The van der Waals surface area contributed by atoms with Gasteiger partial charge in [-0.15, -0.1) is 0 Å². The molecular formula is C9H17O5. The molecule has 2 unspecified atom stereocenters. The molecule has 0 aliphatic heterocycles. The highest BCUT2D eigenvalue weighted by molar-refractivity contribution is 5.69. The molecule has 0 aromatic rings. The Morgan fingerprint density at radius 1 is 1.57 bits per heavy atom. The average molecular weight is 205 g/mol. The van der Waals surface area contributed by atoms with Gasteiger partial charge < -0.3 is 19.7 Å². The van der Waals surface area contributed by atoms with E-state index < -0.39 is 25.0 Å². The van der Waals surface area contributed by atoms with E-state index in [1.165, 1.54) is 0 Å². The minimum absolute atomic E-state index is 0.197. The maximum Gasteiger partial charge on any atom is 0.307 e. The van der Waals surface area contributed by atoms with Gasteiger partial charge in [-0.3, -0.25) is 4.79 Å². The highest BCUT2D eigenvalue weighted by Crippen LogP contribution is 2.04. The Balaban J connectivity index is 4.02. The molecule has 0 spiro atoms. The summed E-state index contributed by atoms with van der Waals surface area (Å²) in [5, 5.41) is 17.9. The molecule has 0 heterocycles. The van der Waals surface area contributed by atoms with E-state index in [9.17, 15) is 9.90 Å². The summed E-state index contributed by atoms with van der Waals surface area (Å²) in [6.45, 7) is 4.91. The van der Waals surface area contributed by atoms with Crippen LogP contribution in [0, 0.1) is 6.92 Å². The number of aliphatic hydroxyl groups excluding tert-OH is 2. The van der Waals surface area contributed by atoms with Crippen LogP contribution < -0.4 is 0 Å². The molecule has 0 saturated heterocycles. The van der Waals surface area contributed by atoms with Gasteiger partial charge in [-0.25, -0.2) is 0 Å². The molecule has 0 aliphatic carbocycles. The maximum atomic E-state index is 10.9. The largest absolute Gasteiger partial charge is 0.433 e. The van der Waals surface area contributed by atoms with Crippen molar-refractivity contribution in [1.82, 2.24) is 0 Å². The van der Waals surface area contributed by atoms with Crippen LogP contribution in [-0.4, -0.2) is 41.8 Å². The third-order valence-corrected chi connectivity index (χ3v) is 1.46. The first kappa shape index (κ1) is 13.4. The first-order chi connectivity index (χ1) is 6.65. The summed E-state index contributed by atoms with van der Waals surface area (Å²) in [6.07, 6.45) is -1.62. The van der Waals surface area contributed by atoms with Crippen LogP contribution in [-0.2, 0) is 14.3 Å². The first-order valence-corrected chi connectivity index (χ1v) is 4.54. The monoisotopic (exact) mass is 205 g/mol. The van der Waals surface area contributed by atoms with Crippen molar-refractivity contribution < 1.29 is 24.5 Å². The van der Waals surface area contributed by atoms with E-state index in [1.54, 1.807) is 6.92 Å².